The van der Waals surface area contributed by atoms with Crippen LogP contribution in [-0.4, -0.2) is 16.7 Å². The van der Waals surface area contributed by atoms with Gasteiger partial charge in [-0.25, -0.2) is 0 Å². The van der Waals surface area contributed by atoms with E-state index >= 15 is 0 Å². The van der Waals surface area contributed by atoms with E-state index < -0.39 is 0 Å². The number of amides is 1. The van der Waals surface area contributed by atoms with Crippen LogP contribution in [-0.2, 0) is 0 Å². The van der Waals surface area contributed by atoms with Crippen LogP contribution in [0, 0.1) is 20.8 Å². The van der Waals surface area contributed by atoms with Crippen LogP contribution in [0.4, 0.5) is 5.69 Å². The molecule has 1 amide bonds. The molecule has 2 aromatic rings. The van der Waals surface area contributed by atoms with Crippen molar-refractivity contribution in [2.75, 3.05) is 5.32 Å². The number of hydrogen-bond donors (Lipinski definition) is 2. The number of ketones is 1. The lowest BCUT2D eigenvalue weighted by molar-refractivity contribution is 0.101. The average Bonchev–Trinajstić information content (AvgIpc) is 2.68. The van der Waals surface area contributed by atoms with Crippen molar-refractivity contribution in [3.05, 3.63) is 51.3 Å². The van der Waals surface area contributed by atoms with E-state index in [9.17, 15) is 9.59 Å². The molecular formula is C16H17ClN2O2. The van der Waals surface area contributed by atoms with Crippen molar-refractivity contribution in [2.45, 2.75) is 27.7 Å². The van der Waals surface area contributed by atoms with Gasteiger partial charge in [-0.3, -0.25) is 9.59 Å². The minimum absolute atomic E-state index is 0.0944. The molecule has 0 aliphatic rings. The van der Waals surface area contributed by atoms with Crippen LogP contribution < -0.4 is 5.32 Å². The van der Waals surface area contributed by atoms with Crippen molar-refractivity contribution in [3.8, 4) is 0 Å². The lowest BCUT2D eigenvalue weighted by Crippen LogP contribution is -2.14. The zero-order valence-corrected chi connectivity index (χ0v) is 13.2. The Morgan fingerprint density at radius 2 is 1.86 bits per heavy atom. The number of hydrogen-bond acceptors (Lipinski definition) is 2. The predicted molar refractivity (Wildman–Crippen MR) is 84.4 cm³/mol. The van der Waals surface area contributed by atoms with Crippen molar-refractivity contribution >= 4 is 29.0 Å². The molecule has 0 bridgehead atoms. The summed E-state index contributed by atoms with van der Waals surface area (Å²) < 4.78 is 0. The van der Waals surface area contributed by atoms with E-state index in [4.69, 9.17) is 11.6 Å². The zero-order valence-electron chi connectivity index (χ0n) is 12.4. The van der Waals surface area contributed by atoms with Crippen LogP contribution in [0.2, 0.25) is 5.02 Å². The Balaban J connectivity index is 2.35. The van der Waals surface area contributed by atoms with Crippen LogP contribution in [0.3, 0.4) is 0 Å². The van der Waals surface area contributed by atoms with Crippen molar-refractivity contribution < 1.29 is 9.59 Å². The highest BCUT2D eigenvalue weighted by Gasteiger charge is 2.20. The first-order valence-corrected chi connectivity index (χ1v) is 6.96. The highest BCUT2D eigenvalue weighted by atomic mass is 35.5. The molecule has 0 saturated heterocycles. The standard InChI is InChI=1S/C16H17ClN2O2/c1-8-5-6-13(12(17)7-8)19-16(21)14-9(2)15(11(4)20)18-10(14)3/h5-7,18H,1-4H3,(H,19,21). The molecule has 4 nitrogen and oxygen atoms in total. The molecule has 0 saturated carbocycles. The van der Waals surface area contributed by atoms with Gasteiger partial charge in [-0.05, 0) is 44.0 Å². The second kappa shape index (κ2) is 5.74. The van der Waals surface area contributed by atoms with E-state index in [1.807, 2.05) is 13.0 Å². The summed E-state index contributed by atoms with van der Waals surface area (Å²) in [5.74, 6) is -0.373. The summed E-state index contributed by atoms with van der Waals surface area (Å²) in [5, 5.41) is 3.27. The number of aryl methyl sites for hydroxylation is 2. The number of nitrogens with one attached hydrogen (secondary N) is 2. The number of aromatic nitrogens is 1. The molecule has 21 heavy (non-hydrogen) atoms. The Labute approximate surface area is 128 Å². The third kappa shape index (κ3) is 3.00. The van der Waals surface area contributed by atoms with Crippen molar-refractivity contribution in [1.29, 1.82) is 0 Å². The van der Waals surface area contributed by atoms with Crippen molar-refractivity contribution in [3.63, 3.8) is 0 Å². The first-order valence-electron chi connectivity index (χ1n) is 6.59. The number of halogens is 1. The monoisotopic (exact) mass is 304 g/mol. The Bertz CT molecular complexity index is 732. The van der Waals surface area contributed by atoms with Gasteiger partial charge in [-0.2, -0.15) is 0 Å². The highest BCUT2D eigenvalue weighted by Crippen LogP contribution is 2.25. The fourth-order valence-corrected chi connectivity index (χ4v) is 2.63. The molecule has 2 N–H and O–H groups in total. The number of anilines is 1. The van der Waals surface area contributed by atoms with Crippen LogP contribution in [0.1, 0.15) is 44.6 Å². The van der Waals surface area contributed by atoms with Crippen LogP contribution in [0.15, 0.2) is 18.2 Å². The predicted octanol–water partition coefficient (Wildman–Crippen LogP) is 4.05. The van der Waals surface area contributed by atoms with Crippen LogP contribution >= 0.6 is 11.6 Å². The summed E-state index contributed by atoms with van der Waals surface area (Å²) in [4.78, 5) is 26.9. The van der Waals surface area contributed by atoms with Gasteiger partial charge in [0.25, 0.3) is 5.91 Å². The van der Waals surface area contributed by atoms with E-state index in [0.29, 0.717) is 33.2 Å². The molecule has 0 aliphatic heterocycles. The number of rotatable bonds is 3. The molecule has 110 valence electrons. The SMILES string of the molecule is CC(=O)c1[nH]c(C)c(C(=O)Nc2ccc(C)cc2Cl)c1C. The number of carbonyl (C=O) groups excluding carboxylic acids is 2. The number of aromatic amines is 1. The van der Waals surface area contributed by atoms with Gasteiger partial charge in [0.15, 0.2) is 5.78 Å². The van der Waals surface area contributed by atoms with E-state index in [2.05, 4.69) is 10.3 Å². The molecule has 0 atom stereocenters. The fraction of sp³-hybridized carbons (Fsp3) is 0.250. The Hall–Kier alpha value is -2.07. The smallest absolute Gasteiger partial charge is 0.257 e. The maximum Gasteiger partial charge on any atom is 0.257 e. The van der Waals surface area contributed by atoms with E-state index in [1.165, 1.54) is 6.92 Å². The molecule has 1 heterocycles. The Morgan fingerprint density at radius 3 is 2.38 bits per heavy atom. The lowest BCUT2D eigenvalue weighted by atomic mass is 10.1. The molecule has 0 fully saturated rings. The summed E-state index contributed by atoms with van der Waals surface area (Å²) >= 11 is 6.12. The molecule has 1 aromatic heterocycles. The maximum atomic E-state index is 12.4. The first kappa shape index (κ1) is 15.3. The van der Waals surface area contributed by atoms with Gasteiger partial charge in [0.05, 0.1) is 22.0 Å². The Kier molecular flexibility index (Phi) is 4.19. The minimum atomic E-state index is -0.278. The second-order valence-corrected chi connectivity index (χ2v) is 5.53. The quantitative estimate of drug-likeness (QED) is 0.840. The molecule has 0 aliphatic carbocycles. The van der Waals surface area contributed by atoms with Gasteiger partial charge in [-0.1, -0.05) is 17.7 Å². The van der Waals surface area contributed by atoms with Gasteiger partial charge in [-0.15, -0.1) is 0 Å². The van der Waals surface area contributed by atoms with E-state index in [1.54, 1.807) is 26.0 Å². The van der Waals surface area contributed by atoms with Gasteiger partial charge < -0.3 is 10.3 Å². The van der Waals surface area contributed by atoms with Gasteiger partial charge in [0.1, 0.15) is 0 Å². The Morgan fingerprint density at radius 1 is 1.19 bits per heavy atom. The fourth-order valence-electron chi connectivity index (χ4n) is 2.35. The lowest BCUT2D eigenvalue weighted by Gasteiger charge is -2.08. The molecule has 0 radical (unpaired) electrons. The number of H-pyrrole nitrogens is 1. The van der Waals surface area contributed by atoms with Crippen LogP contribution in [0.25, 0.3) is 0 Å². The van der Waals surface area contributed by atoms with Crippen molar-refractivity contribution in [1.82, 2.24) is 4.98 Å². The molecule has 1 aromatic carbocycles. The van der Waals surface area contributed by atoms with E-state index in [0.717, 1.165) is 5.56 Å². The summed E-state index contributed by atoms with van der Waals surface area (Å²) in [6, 6.07) is 5.42. The summed E-state index contributed by atoms with van der Waals surface area (Å²) in [5.41, 5.74) is 3.84. The highest BCUT2D eigenvalue weighted by molar-refractivity contribution is 6.34. The molecular weight excluding hydrogens is 288 g/mol. The third-order valence-electron chi connectivity index (χ3n) is 3.39. The molecule has 0 unspecified atom stereocenters. The van der Waals surface area contributed by atoms with Gasteiger partial charge >= 0.3 is 0 Å². The topological polar surface area (TPSA) is 62.0 Å². The average molecular weight is 305 g/mol. The van der Waals surface area contributed by atoms with Crippen molar-refractivity contribution in [2.24, 2.45) is 0 Å². The molecule has 5 heteroatoms. The normalized spacial score (nSPS) is 10.5. The van der Waals surface area contributed by atoms with E-state index in [-0.39, 0.29) is 11.7 Å². The van der Waals surface area contributed by atoms with Gasteiger partial charge in [0, 0.05) is 12.6 Å². The summed E-state index contributed by atoms with van der Waals surface area (Å²) in [7, 11) is 0. The zero-order chi connectivity index (χ0) is 15.7. The number of carbonyl (C=O) groups is 2. The largest absolute Gasteiger partial charge is 0.355 e. The van der Waals surface area contributed by atoms with Gasteiger partial charge in [0.2, 0.25) is 0 Å². The third-order valence-corrected chi connectivity index (χ3v) is 3.70. The minimum Gasteiger partial charge on any atom is -0.355 e. The molecule has 2 rings (SSSR count). The second-order valence-electron chi connectivity index (χ2n) is 5.12. The molecule has 0 spiro atoms. The summed E-state index contributed by atoms with van der Waals surface area (Å²) in [6.07, 6.45) is 0. The maximum absolute atomic E-state index is 12.4. The summed E-state index contributed by atoms with van der Waals surface area (Å²) in [6.45, 7) is 6.92. The first-order chi connectivity index (χ1) is 9.81. The van der Waals surface area contributed by atoms with Crippen LogP contribution in [0.5, 0.6) is 0 Å². The number of Topliss-reactive ketones (excluding diaryl/α,β-unsaturated/α-hetero) is 1. The number of benzene rings is 1.